The van der Waals surface area contributed by atoms with Crippen LogP contribution in [0.4, 0.5) is 0 Å². The zero-order valence-electron chi connectivity index (χ0n) is 26.0. The Morgan fingerprint density at radius 3 is 1.63 bits per heavy atom. The number of benzene rings is 2. The van der Waals surface area contributed by atoms with Gasteiger partial charge in [0.1, 0.15) is 0 Å². The summed E-state index contributed by atoms with van der Waals surface area (Å²) in [6, 6.07) is 14.3. The van der Waals surface area contributed by atoms with Crippen molar-refractivity contribution >= 4 is 62.2 Å². The third-order valence-corrected chi connectivity index (χ3v) is 7.87. The number of aryl methyl sites for hydroxylation is 2. The van der Waals surface area contributed by atoms with Gasteiger partial charge in [-0.2, -0.15) is 0 Å². The summed E-state index contributed by atoms with van der Waals surface area (Å²) in [5, 5.41) is 1.42. The molecule has 0 spiro atoms. The highest BCUT2D eigenvalue weighted by atomic mass is 127. The molecule has 0 aliphatic heterocycles. The number of pyridine rings is 2. The molecule has 13 heteroatoms. The standard InChI is InChI=1S/C18H18N4O3.C15H12IN3O2/c1-21(2)17(23)11-5-6-12-13(18(24)25-4)8-15(20-14(12)7-11)16-9-19-10-22(16)3;1-19-8-17-7-14(19)13-6-11(15(20)21-2)10-4-3-9(16)5-12(10)18-13/h5-10H,1-4H3;3-8H,1-2H3. The number of fused-ring (bicyclic) bond motifs is 2. The summed E-state index contributed by atoms with van der Waals surface area (Å²) < 4.78 is 14.5. The lowest BCUT2D eigenvalue weighted by Crippen LogP contribution is -2.21. The number of imidazole rings is 2. The van der Waals surface area contributed by atoms with Gasteiger partial charge in [-0.3, -0.25) is 4.79 Å². The summed E-state index contributed by atoms with van der Waals surface area (Å²) in [7, 11) is 9.82. The van der Waals surface area contributed by atoms with Crippen LogP contribution in [-0.4, -0.2) is 80.1 Å². The van der Waals surface area contributed by atoms with E-state index in [4.69, 9.17) is 9.47 Å². The molecule has 4 heterocycles. The van der Waals surface area contributed by atoms with Crippen LogP contribution in [0.3, 0.4) is 0 Å². The number of amides is 1. The molecule has 1 amide bonds. The predicted molar refractivity (Wildman–Crippen MR) is 181 cm³/mol. The highest BCUT2D eigenvalue weighted by Crippen LogP contribution is 2.28. The third-order valence-electron chi connectivity index (χ3n) is 7.20. The van der Waals surface area contributed by atoms with E-state index in [0.29, 0.717) is 39.0 Å². The van der Waals surface area contributed by atoms with Crippen LogP contribution < -0.4 is 0 Å². The first kappa shape index (κ1) is 32.2. The Labute approximate surface area is 278 Å². The molecule has 2 aromatic carbocycles. The first-order valence-corrected chi connectivity index (χ1v) is 15.0. The first-order chi connectivity index (χ1) is 22.0. The van der Waals surface area contributed by atoms with E-state index in [9.17, 15) is 14.4 Å². The summed E-state index contributed by atoms with van der Waals surface area (Å²) in [5.74, 6) is -0.955. The number of halogens is 1. The van der Waals surface area contributed by atoms with Gasteiger partial charge in [-0.25, -0.2) is 29.5 Å². The molecule has 0 N–H and O–H groups in total. The molecular formula is C33H30IN7O5. The van der Waals surface area contributed by atoms with Crippen molar-refractivity contribution < 1.29 is 23.9 Å². The number of esters is 2. The van der Waals surface area contributed by atoms with Crippen LogP contribution in [0.5, 0.6) is 0 Å². The Hall–Kier alpha value is -5.18. The smallest absolute Gasteiger partial charge is 0.338 e. The number of carbonyl (C=O) groups is 3. The second kappa shape index (κ2) is 13.4. The Morgan fingerprint density at radius 1 is 0.717 bits per heavy atom. The topological polar surface area (TPSA) is 134 Å². The second-order valence-corrected chi connectivity index (χ2v) is 11.7. The van der Waals surface area contributed by atoms with E-state index in [1.165, 1.54) is 19.1 Å². The average molecular weight is 732 g/mol. The van der Waals surface area contributed by atoms with Gasteiger partial charge in [-0.1, -0.05) is 12.1 Å². The lowest BCUT2D eigenvalue weighted by Gasteiger charge is -2.12. The molecule has 0 radical (unpaired) electrons. The summed E-state index contributed by atoms with van der Waals surface area (Å²) in [6.07, 6.45) is 6.76. The molecule has 0 saturated carbocycles. The number of methoxy groups -OCH3 is 2. The highest BCUT2D eigenvalue weighted by Gasteiger charge is 2.18. The normalized spacial score (nSPS) is 10.8. The van der Waals surface area contributed by atoms with Gasteiger partial charge < -0.3 is 23.5 Å². The van der Waals surface area contributed by atoms with Crippen molar-refractivity contribution in [2.45, 2.75) is 0 Å². The maximum atomic E-state index is 12.2. The third kappa shape index (κ3) is 6.44. The molecule has 12 nitrogen and oxygen atoms in total. The molecule has 4 aromatic heterocycles. The van der Waals surface area contributed by atoms with E-state index in [1.54, 1.807) is 69.5 Å². The molecule has 6 aromatic rings. The zero-order valence-corrected chi connectivity index (χ0v) is 28.1. The van der Waals surface area contributed by atoms with Gasteiger partial charge in [0.25, 0.3) is 5.91 Å². The Bertz CT molecular complexity index is 2120. The first-order valence-electron chi connectivity index (χ1n) is 13.9. The minimum absolute atomic E-state index is 0.130. The van der Waals surface area contributed by atoms with Crippen LogP contribution in [0.2, 0.25) is 0 Å². The lowest BCUT2D eigenvalue weighted by molar-refractivity contribution is 0.0594. The molecule has 0 atom stereocenters. The van der Waals surface area contributed by atoms with E-state index in [1.807, 2.05) is 41.4 Å². The number of ether oxygens (including phenoxy) is 2. The van der Waals surface area contributed by atoms with Crippen molar-refractivity contribution in [2.24, 2.45) is 14.1 Å². The largest absolute Gasteiger partial charge is 0.465 e. The quantitative estimate of drug-likeness (QED) is 0.174. The minimum Gasteiger partial charge on any atom is -0.465 e. The van der Waals surface area contributed by atoms with Gasteiger partial charge in [-0.15, -0.1) is 0 Å². The number of nitrogens with zero attached hydrogens (tertiary/aromatic N) is 7. The van der Waals surface area contributed by atoms with Gasteiger partial charge in [0.15, 0.2) is 0 Å². The fourth-order valence-corrected chi connectivity index (χ4v) is 5.32. The van der Waals surface area contributed by atoms with Crippen LogP contribution in [0.1, 0.15) is 31.1 Å². The Balaban J connectivity index is 0.000000184. The summed E-state index contributed by atoms with van der Waals surface area (Å²) in [6.45, 7) is 0. The zero-order chi connectivity index (χ0) is 33.1. The molecule has 46 heavy (non-hydrogen) atoms. The predicted octanol–water partition coefficient (Wildman–Crippen LogP) is 5.15. The van der Waals surface area contributed by atoms with E-state index in [-0.39, 0.29) is 11.9 Å². The van der Waals surface area contributed by atoms with Crippen molar-refractivity contribution in [1.82, 2.24) is 34.0 Å². The van der Waals surface area contributed by atoms with Crippen LogP contribution in [-0.2, 0) is 23.6 Å². The molecule has 0 bridgehead atoms. The van der Waals surface area contributed by atoms with Crippen molar-refractivity contribution in [3.8, 4) is 22.8 Å². The summed E-state index contributed by atoms with van der Waals surface area (Å²) in [4.78, 5) is 55.4. The molecule has 0 aliphatic rings. The van der Waals surface area contributed by atoms with E-state index in [0.717, 1.165) is 25.9 Å². The number of carbonyl (C=O) groups excluding carboxylic acids is 3. The molecule has 0 saturated heterocycles. The van der Waals surface area contributed by atoms with E-state index in [2.05, 4.69) is 42.5 Å². The van der Waals surface area contributed by atoms with E-state index < -0.39 is 5.97 Å². The molecule has 0 unspecified atom stereocenters. The Morgan fingerprint density at radius 2 is 1.20 bits per heavy atom. The second-order valence-electron chi connectivity index (χ2n) is 10.5. The van der Waals surface area contributed by atoms with Crippen molar-refractivity contribution in [3.63, 3.8) is 0 Å². The SMILES string of the molecule is COC(=O)c1cc(-c2cncn2C)nc2cc(C(=O)N(C)C)ccc12.COC(=O)c1cc(-c2cncn2C)nc2cc(I)ccc12. The monoisotopic (exact) mass is 731 g/mol. The number of aromatic nitrogens is 6. The van der Waals surface area contributed by atoms with Crippen LogP contribution in [0, 0.1) is 3.57 Å². The van der Waals surface area contributed by atoms with Gasteiger partial charge in [0, 0.05) is 48.1 Å². The van der Waals surface area contributed by atoms with Gasteiger partial charge in [-0.05, 0) is 59.0 Å². The molecule has 0 aliphatic carbocycles. The highest BCUT2D eigenvalue weighted by molar-refractivity contribution is 14.1. The van der Waals surface area contributed by atoms with Crippen LogP contribution in [0.25, 0.3) is 44.6 Å². The van der Waals surface area contributed by atoms with Gasteiger partial charge in [0.05, 0.1) is 84.2 Å². The minimum atomic E-state index is -0.456. The molecule has 6 rings (SSSR count). The fourth-order valence-electron chi connectivity index (χ4n) is 4.85. The summed E-state index contributed by atoms with van der Waals surface area (Å²) in [5.41, 5.74) is 5.61. The van der Waals surface area contributed by atoms with E-state index >= 15 is 0 Å². The average Bonchev–Trinajstić information content (AvgIpc) is 3.69. The lowest BCUT2D eigenvalue weighted by atomic mass is 10.0. The van der Waals surface area contributed by atoms with Crippen LogP contribution >= 0.6 is 22.6 Å². The fraction of sp³-hybridized carbons (Fsp3) is 0.182. The molecule has 0 fully saturated rings. The molecular weight excluding hydrogens is 701 g/mol. The van der Waals surface area contributed by atoms with Gasteiger partial charge in [0.2, 0.25) is 0 Å². The maximum Gasteiger partial charge on any atom is 0.338 e. The number of hydrogen-bond donors (Lipinski definition) is 0. The van der Waals surface area contributed by atoms with Crippen molar-refractivity contribution in [2.75, 3.05) is 28.3 Å². The van der Waals surface area contributed by atoms with Crippen LogP contribution in [0.15, 0.2) is 73.6 Å². The summed E-state index contributed by atoms with van der Waals surface area (Å²) >= 11 is 2.22. The van der Waals surface area contributed by atoms with Gasteiger partial charge >= 0.3 is 11.9 Å². The van der Waals surface area contributed by atoms with Crippen molar-refractivity contribution in [1.29, 1.82) is 0 Å². The Kier molecular flexibility index (Phi) is 9.41. The molecule has 234 valence electrons. The maximum absolute atomic E-state index is 12.2. The number of rotatable bonds is 5. The van der Waals surface area contributed by atoms with Crippen molar-refractivity contribution in [3.05, 3.63) is 93.8 Å². The number of hydrogen-bond acceptors (Lipinski definition) is 9.